The molecule has 2 amide bonds. The van der Waals surface area contributed by atoms with Crippen molar-refractivity contribution in [3.8, 4) is 5.69 Å². The normalized spacial score (nSPS) is 11.6. The first-order valence-corrected chi connectivity index (χ1v) is 8.36. The van der Waals surface area contributed by atoms with E-state index < -0.39 is 0 Å². The summed E-state index contributed by atoms with van der Waals surface area (Å²) in [4.78, 5) is 24.1. The smallest absolute Gasteiger partial charge is 0.251 e. The molecule has 0 fully saturated rings. The second-order valence-corrected chi connectivity index (χ2v) is 5.88. The molecule has 0 bridgehead atoms. The van der Waals surface area contributed by atoms with Crippen LogP contribution < -0.4 is 10.6 Å². The third-order valence-electron chi connectivity index (χ3n) is 3.96. The van der Waals surface area contributed by atoms with Crippen LogP contribution in [0.2, 0.25) is 0 Å². The van der Waals surface area contributed by atoms with Crippen LogP contribution in [0.4, 0.5) is 0 Å². The lowest BCUT2D eigenvalue weighted by atomic mass is 10.1. The Kier molecular flexibility index (Phi) is 5.43. The van der Waals surface area contributed by atoms with Crippen molar-refractivity contribution in [1.29, 1.82) is 0 Å². The van der Waals surface area contributed by atoms with Gasteiger partial charge in [-0.15, -0.1) is 0 Å². The lowest BCUT2D eigenvalue weighted by Crippen LogP contribution is -2.38. The third-order valence-corrected chi connectivity index (χ3v) is 3.96. The number of nitrogens with zero attached hydrogens (tertiary/aromatic N) is 2. The van der Waals surface area contributed by atoms with E-state index in [9.17, 15) is 9.59 Å². The Labute approximate surface area is 151 Å². The molecule has 1 atom stereocenters. The Hall–Kier alpha value is -3.41. The zero-order chi connectivity index (χ0) is 18.4. The number of hydrogen-bond donors (Lipinski definition) is 2. The predicted octanol–water partition coefficient (Wildman–Crippen LogP) is 2.48. The molecule has 132 valence electrons. The number of aromatic nitrogens is 2. The first-order valence-electron chi connectivity index (χ1n) is 8.36. The van der Waals surface area contributed by atoms with Crippen LogP contribution in [0.3, 0.4) is 0 Å². The van der Waals surface area contributed by atoms with E-state index in [-0.39, 0.29) is 24.4 Å². The van der Waals surface area contributed by atoms with E-state index in [1.165, 1.54) is 0 Å². The molecule has 2 N–H and O–H groups in total. The van der Waals surface area contributed by atoms with Gasteiger partial charge in [-0.3, -0.25) is 9.59 Å². The van der Waals surface area contributed by atoms with Gasteiger partial charge in [0.15, 0.2) is 0 Å². The summed E-state index contributed by atoms with van der Waals surface area (Å²) < 4.78 is 1.76. The summed E-state index contributed by atoms with van der Waals surface area (Å²) in [5, 5.41) is 9.72. The highest BCUT2D eigenvalue weighted by Crippen LogP contribution is 2.16. The number of amides is 2. The minimum absolute atomic E-state index is 0.0725. The topological polar surface area (TPSA) is 76.0 Å². The van der Waals surface area contributed by atoms with Crippen molar-refractivity contribution in [2.24, 2.45) is 0 Å². The Morgan fingerprint density at radius 2 is 1.88 bits per heavy atom. The van der Waals surface area contributed by atoms with Crippen molar-refractivity contribution >= 4 is 11.8 Å². The summed E-state index contributed by atoms with van der Waals surface area (Å²) in [7, 11) is 0. The fourth-order valence-electron chi connectivity index (χ4n) is 2.59. The van der Waals surface area contributed by atoms with E-state index in [1.54, 1.807) is 35.1 Å². The monoisotopic (exact) mass is 348 g/mol. The van der Waals surface area contributed by atoms with Gasteiger partial charge in [-0.05, 0) is 42.8 Å². The largest absolute Gasteiger partial charge is 0.348 e. The Balaban J connectivity index is 1.56. The highest BCUT2D eigenvalue weighted by atomic mass is 16.2. The van der Waals surface area contributed by atoms with Crippen LogP contribution >= 0.6 is 0 Å². The molecule has 0 spiro atoms. The number of hydrogen-bond acceptors (Lipinski definition) is 3. The Bertz CT molecular complexity index is 876. The van der Waals surface area contributed by atoms with E-state index >= 15 is 0 Å². The van der Waals surface area contributed by atoms with E-state index in [0.717, 1.165) is 11.3 Å². The van der Waals surface area contributed by atoms with Crippen molar-refractivity contribution in [1.82, 2.24) is 20.4 Å². The molecule has 26 heavy (non-hydrogen) atoms. The van der Waals surface area contributed by atoms with Crippen molar-refractivity contribution in [3.63, 3.8) is 0 Å². The number of carbonyl (C=O) groups excluding carboxylic acids is 2. The molecule has 0 aliphatic carbocycles. The van der Waals surface area contributed by atoms with E-state index in [2.05, 4.69) is 15.7 Å². The number of rotatable bonds is 6. The summed E-state index contributed by atoms with van der Waals surface area (Å²) in [5.74, 6) is -0.514. The van der Waals surface area contributed by atoms with Crippen molar-refractivity contribution in [3.05, 3.63) is 84.2 Å². The first-order chi connectivity index (χ1) is 12.6. The SMILES string of the molecule is CC(NC(=O)CNC(=O)c1ccccc1)c1cccc(-n2cccn2)c1. The maximum atomic E-state index is 12.1. The highest BCUT2D eigenvalue weighted by Gasteiger charge is 2.12. The van der Waals surface area contributed by atoms with Gasteiger partial charge in [0, 0.05) is 18.0 Å². The molecule has 0 saturated carbocycles. The van der Waals surface area contributed by atoms with Gasteiger partial charge < -0.3 is 10.6 Å². The standard InChI is InChI=1S/C20H20N4O2/c1-15(17-9-5-10-18(13-17)24-12-6-11-22-24)23-19(25)14-21-20(26)16-7-3-2-4-8-16/h2-13,15H,14H2,1H3,(H,21,26)(H,23,25). The molecular weight excluding hydrogens is 328 g/mol. The van der Waals surface area contributed by atoms with E-state index in [0.29, 0.717) is 5.56 Å². The second-order valence-electron chi connectivity index (χ2n) is 5.88. The fourth-order valence-corrected chi connectivity index (χ4v) is 2.59. The van der Waals surface area contributed by atoms with Gasteiger partial charge in [-0.1, -0.05) is 30.3 Å². The molecule has 6 heteroatoms. The molecule has 3 aromatic rings. The molecule has 1 aromatic heterocycles. The van der Waals surface area contributed by atoms with E-state index in [4.69, 9.17) is 0 Å². The van der Waals surface area contributed by atoms with Gasteiger partial charge in [-0.2, -0.15) is 5.10 Å². The quantitative estimate of drug-likeness (QED) is 0.718. The molecule has 1 unspecified atom stereocenters. The van der Waals surface area contributed by atoms with E-state index in [1.807, 2.05) is 49.5 Å². The van der Waals surface area contributed by atoms with Gasteiger partial charge in [0.05, 0.1) is 18.3 Å². The lowest BCUT2D eigenvalue weighted by molar-refractivity contribution is -0.120. The summed E-state index contributed by atoms with van der Waals surface area (Å²) in [6.45, 7) is 1.83. The maximum Gasteiger partial charge on any atom is 0.251 e. The molecule has 0 saturated heterocycles. The molecule has 2 aromatic carbocycles. The average Bonchev–Trinajstić information content (AvgIpc) is 3.22. The van der Waals surface area contributed by atoms with Gasteiger partial charge in [0.2, 0.25) is 5.91 Å². The van der Waals surface area contributed by atoms with Gasteiger partial charge in [-0.25, -0.2) is 4.68 Å². The van der Waals surface area contributed by atoms with Gasteiger partial charge in [0.25, 0.3) is 5.91 Å². The van der Waals surface area contributed by atoms with Crippen LogP contribution in [-0.4, -0.2) is 28.1 Å². The minimum Gasteiger partial charge on any atom is -0.348 e. The van der Waals surface area contributed by atoms with Crippen LogP contribution in [0.15, 0.2) is 73.1 Å². The summed E-state index contributed by atoms with van der Waals surface area (Å²) in [6, 6.07) is 18.3. The molecule has 0 radical (unpaired) electrons. The first kappa shape index (κ1) is 17.4. The van der Waals surface area contributed by atoms with Gasteiger partial charge >= 0.3 is 0 Å². The number of nitrogens with one attached hydrogen (secondary N) is 2. The number of carbonyl (C=O) groups is 2. The summed E-state index contributed by atoms with van der Waals surface area (Å²) in [5.41, 5.74) is 2.41. The summed E-state index contributed by atoms with van der Waals surface area (Å²) >= 11 is 0. The minimum atomic E-state index is -0.269. The fraction of sp³-hybridized carbons (Fsp3) is 0.150. The zero-order valence-corrected chi connectivity index (χ0v) is 14.4. The van der Waals surface area contributed by atoms with Gasteiger partial charge in [0.1, 0.15) is 0 Å². The highest BCUT2D eigenvalue weighted by molar-refractivity contribution is 5.96. The predicted molar refractivity (Wildman–Crippen MR) is 98.9 cm³/mol. The third kappa shape index (κ3) is 4.36. The Morgan fingerprint density at radius 1 is 1.08 bits per heavy atom. The Morgan fingerprint density at radius 3 is 2.62 bits per heavy atom. The molecule has 6 nitrogen and oxygen atoms in total. The van der Waals surface area contributed by atoms with Crippen LogP contribution in [0.25, 0.3) is 5.69 Å². The second kappa shape index (κ2) is 8.11. The van der Waals surface area contributed by atoms with Crippen molar-refractivity contribution in [2.45, 2.75) is 13.0 Å². The van der Waals surface area contributed by atoms with Crippen LogP contribution in [-0.2, 0) is 4.79 Å². The maximum absolute atomic E-state index is 12.1. The average molecular weight is 348 g/mol. The lowest BCUT2D eigenvalue weighted by Gasteiger charge is -2.16. The molecule has 3 rings (SSSR count). The number of benzene rings is 2. The summed E-state index contributed by atoms with van der Waals surface area (Å²) in [6.07, 6.45) is 3.58. The molecular formula is C20H20N4O2. The van der Waals surface area contributed by atoms with Crippen molar-refractivity contribution < 1.29 is 9.59 Å². The molecule has 1 heterocycles. The molecule has 0 aliphatic rings. The molecule has 0 aliphatic heterocycles. The van der Waals surface area contributed by atoms with Crippen LogP contribution in [0.1, 0.15) is 28.9 Å². The van der Waals surface area contributed by atoms with Crippen molar-refractivity contribution in [2.75, 3.05) is 6.54 Å². The zero-order valence-electron chi connectivity index (χ0n) is 14.4. The van der Waals surface area contributed by atoms with Crippen LogP contribution in [0.5, 0.6) is 0 Å². The van der Waals surface area contributed by atoms with Crippen LogP contribution in [0, 0.1) is 0 Å².